The van der Waals surface area contributed by atoms with Crippen molar-refractivity contribution in [3.63, 3.8) is 0 Å². The van der Waals surface area contributed by atoms with E-state index in [0.717, 1.165) is 37.4 Å². The van der Waals surface area contributed by atoms with Gasteiger partial charge in [0.1, 0.15) is 18.9 Å². The van der Waals surface area contributed by atoms with E-state index in [2.05, 4.69) is 21.0 Å². The van der Waals surface area contributed by atoms with Crippen molar-refractivity contribution >= 4 is 11.7 Å². The molecule has 114 valence electrons. The molecule has 1 aromatic rings. The van der Waals surface area contributed by atoms with Gasteiger partial charge in [-0.2, -0.15) is 4.37 Å². The minimum Gasteiger partial charge on any atom is -0.473 e. The summed E-state index contributed by atoms with van der Waals surface area (Å²) >= 11 is 1.07. The van der Waals surface area contributed by atoms with Crippen molar-refractivity contribution in [3.8, 4) is 5.88 Å². The van der Waals surface area contributed by atoms with Crippen LogP contribution in [0.15, 0.2) is 6.20 Å². The van der Waals surface area contributed by atoms with Crippen molar-refractivity contribution < 1.29 is 14.9 Å². The molecule has 1 atom stereocenters. The topological polar surface area (TPSA) is 87.5 Å². The molecule has 0 aliphatic heterocycles. The summed E-state index contributed by atoms with van der Waals surface area (Å²) in [6.45, 7) is 3.32. The Kier molecular flexibility index (Phi) is 5.71. The highest BCUT2D eigenvalue weighted by Gasteiger charge is 2.31. The number of aliphatic hydroxyl groups is 2. The maximum atomic E-state index is 10.4. The lowest BCUT2D eigenvalue weighted by molar-refractivity contribution is -0.00902. The Balaban J connectivity index is 1.60. The number of nitrogens with one attached hydrogen (secondary N) is 1. The maximum absolute atomic E-state index is 10.4. The van der Waals surface area contributed by atoms with Gasteiger partial charge >= 0.3 is 0 Å². The van der Waals surface area contributed by atoms with Gasteiger partial charge in [-0.15, -0.1) is 4.37 Å². The number of aliphatic hydroxyl groups excluding tert-OH is 1. The predicted octanol–water partition coefficient (Wildman–Crippen LogP) is 0.809. The first-order valence-corrected chi connectivity index (χ1v) is 7.82. The molecule has 0 spiro atoms. The number of nitrogens with zero attached hydrogens (tertiary/aromatic N) is 2. The van der Waals surface area contributed by atoms with Gasteiger partial charge in [-0.3, -0.25) is 0 Å². The molecule has 1 aromatic heterocycles. The molecular formula is C13H23N3O3S. The lowest BCUT2D eigenvalue weighted by atomic mass is 9.79. The second-order valence-electron chi connectivity index (χ2n) is 5.75. The first kappa shape index (κ1) is 15.6. The highest BCUT2D eigenvalue weighted by molar-refractivity contribution is 6.99. The van der Waals surface area contributed by atoms with Gasteiger partial charge in [-0.05, 0) is 31.6 Å². The van der Waals surface area contributed by atoms with Crippen LogP contribution in [-0.2, 0) is 0 Å². The molecule has 20 heavy (non-hydrogen) atoms. The van der Waals surface area contributed by atoms with Gasteiger partial charge in [0, 0.05) is 13.1 Å². The van der Waals surface area contributed by atoms with E-state index >= 15 is 0 Å². The van der Waals surface area contributed by atoms with Crippen LogP contribution in [0, 0.1) is 5.92 Å². The van der Waals surface area contributed by atoms with Gasteiger partial charge in [0.05, 0.1) is 17.3 Å². The van der Waals surface area contributed by atoms with Crippen LogP contribution in [0.1, 0.15) is 32.6 Å². The highest BCUT2D eigenvalue weighted by atomic mass is 32.1. The fourth-order valence-electron chi connectivity index (χ4n) is 2.41. The summed E-state index contributed by atoms with van der Waals surface area (Å²) < 4.78 is 13.0. The number of hydrogen-bond donors (Lipinski definition) is 3. The maximum Gasteiger partial charge on any atom is 0.245 e. The Hall–Kier alpha value is -0.760. The van der Waals surface area contributed by atoms with Crippen LogP contribution < -0.4 is 10.1 Å². The Bertz CT molecular complexity index is 380. The monoisotopic (exact) mass is 301 g/mol. The standard InChI is InChI=1S/C13H23N3O3S/c1-10-2-4-13(18,5-3-10)9-14-6-11(17)8-19-12-7-15-20-16-12/h7,10-11,14,17-18H,2-6,8-9H2,1H3. The molecular weight excluding hydrogens is 278 g/mol. The first-order valence-electron chi connectivity index (χ1n) is 7.09. The zero-order valence-electron chi connectivity index (χ0n) is 11.8. The molecule has 7 heteroatoms. The summed E-state index contributed by atoms with van der Waals surface area (Å²) in [4.78, 5) is 0. The SMILES string of the molecule is CC1CCC(O)(CNCC(O)COc2cnsn2)CC1. The van der Waals surface area contributed by atoms with Gasteiger partial charge < -0.3 is 20.3 Å². The Labute approximate surface area is 123 Å². The molecule has 0 amide bonds. The molecule has 1 fully saturated rings. The smallest absolute Gasteiger partial charge is 0.245 e. The minimum atomic E-state index is -0.622. The molecule has 1 heterocycles. The molecule has 3 N–H and O–H groups in total. The van der Waals surface area contributed by atoms with Crippen molar-refractivity contribution in [1.29, 1.82) is 0 Å². The third-order valence-electron chi connectivity index (χ3n) is 3.80. The quantitative estimate of drug-likeness (QED) is 0.691. The summed E-state index contributed by atoms with van der Waals surface area (Å²) in [6, 6.07) is 0. The lowest BCUT2D eigenvalue weighted by Crippen LogP contribution is -2.45. The highest BCUT2D eigenvalue weighted by Crippen LogP contribution is 2.31. The Morgan fingerprint density at radius 1 is 1.55 bits per heavy atom. The average Bonchev–Trinajstić information content (AvgIpc) is 2.93. The van der Waals surface area contributed by atoms with Gasteiger partial charge in [0.2, 0.25) is 5.88 Å². The van der Waals surface area contributed by atoms with E-state index in [1.54, 1.807) is 0 Å². The normalized spacial score (nSPS) is 28.2. The van der Waals surface area contributed by atoms with Crippen molar-refractivity contribution in [1.82, 2.24) is 14.1 Å². The van der Waals surface area contributed by atoms with Gasteiger partial charge in [0.15, 0.2) is 0 Å². The Morgan fingerprint density at radius 2 is 2.30 bits per heavy atom. The van der Waals surface area contributed by atoms with Crippen LogP contribution >= 0.6 is 11.7 Å². The number of aromatic nitrogens is 2. The van der Waals surface area contributed by atoms with Crippen molar-refractivity contribution in [3.05, 3.63) is 6.20 Å². The summed E-state index contributed by atoms with van der Waals surface area (Å²) in [5.74, 6) is 1.15. The summed E-state index contributed by atoms with van der Waals surface area (Å²) in [5.41, 5.74) is -0.619. The molecule has 0 aromatic carbocycles. The molecule has 2 rings (SSSR count). The van der Waals surface area contributed by atoms with Crippen LogP contribution in [0.25, 0.3) is 0 Å². The molecule has 0 radical (unpaired) electrons. The van der Waals surface area contributed by atoms with Crippen molar-refractivity contribution in [2.24, 2.45) is 5.92 Å². The molecule has 1 aliphatic rings. The predicted molar refractivity (Wildman–Crippen MR) is 76.9 cm³/mol. The van der Waals surface area contributed by atoms with Crippen LogP contribution in [0.2, 0.25) is 0 Å². The van der Waals surface area contributed by atoms with E-state index in [-0.39, 0.29) is 6.61 Å². The van der Waals surface area contributed by atoms with Crippen LogP contribution in [-0.4, -0.2) is 50.4 Å². The zero-order chi connectivity index (χ0) is 14.4. The molecule has 6 nitrogen and oxygen atoms in total. The lowest BCUT2D eigenvalue weighted by Gasteiger charge is -2.35. The summed E-state index contributed by atoms with van der Waals surface area (Å²) in [7, 11) is 0. The number of rotatable bonds is 7. The minimum absolute atomic E-state index is 0.174. The van der Waals surface area contributed by atoms with E-state index in [1.165, 1.54) is 6.20 Å². The fraction of sp³-hybridized carbons (Fsp3) is 0.846. The van der Waals surface area contributed by atoms with Gasteiger partial charge in [0.25, 0.3) is 0 Å². The van der Waals surface area contributed by atoms with Crippen LogP contribution in [0.4, 0.5) is 0 Å². The van der Waals surface area contributed by atoms with E-state index in [0.29, 0.717) is 24.9 Å². The van der Waals surface area contributed by atoms with Gasteiger partial charge in [-0.25, -0.2) is 0 Å². The van der Waals surface area contributed by atoms with E-state index in [4.69, 9.17) is 4.74 Å². The molecule has 1 saturated carbocycles. The van der Waals surface area contributed by atoms with Gasteiger partial charge in [-0.1, -0.05) is 6.92 Å². The molecule has 1 unspecified atom stereocenters. The van der Waals surface area contributed by atoms with E-state index < -0.39 is 11.7 Å². The van der Waals surface area contributed by atoms with Crippen molar-refractivity contribution in [2.45, 2.75) is 44.3 Å². The zero-order valence-corrected chi connectivity index (χ0v) is 12.6. The average molecular weight is 301 g/mol. The second-order valence-corrected chi connectivity index (χ2v) is 6.30. The van der Waals surface area contributed by atoms with E-state index in [9.17, 15) is 10.2 Å². The number of hydrogen-bond acceptors (Lipinski definition) is 7. The van der Waals surface area contributed by atoms with Crippen LogP contribution in [0.3, 0.4) is 0 Å². The summed E-state index contributed by atoms with van der Waals surface area (Å²) in [5, 5.41) is 23.3. The van der Waals surface area contributed by atoms with E-state index in [1.807, 2.05) is 0 Å². The Morgan fingerprint density at radius 3 is 2.95 bits per heavy atom. The summed E-state index contributed by atoms with van der Waals surface area (Å²) in [6.07, 6.45) is 4.71. The largest absolute Gasteiger partial charge is 0.473 e. The molecule has 1 aliphatic carbocycles. The van der Waals surface area contributed by atoms with Crippen LogP contribution in [0.5, 0.6) is 5.88 Å². The van der Waals surface area contributed by atoms with Crippen molar-refractivity contribution in [2.75, 3.05) is 19.7 Å². The third kappa shape index (κ3) is 4.97. The molecule has 0 saturated heterocycles. The third-order valence-corrected chi connectivity index (χ3v) is 4.26. The fourth-order valence-corrected chi connectivity index (χ4v) is 2.77. The first-order chi connectivity index (χ1) is 9.57. The molecule has 0 bridgehead atoms. The number of ether oxygens (including phenoxy) is 1. The second kappa shape index (κ2) is 7.31.